The number of rotatable bonds is 12. The molecule has 0 spiro atoms. The van der Waals surface area contributed by atoms with Crippen LogP contribution in [0.15, 0.2) is 67.0 Å². The summed E-state index contributed by atoms with van der Waals surface area (Å²) in [6, 6.07) is 18.8. The van der Waals surface area contributed by atoms with E-state index in [4.69, 9.17) is 21.1 Å². The van der Waals surface area contributed by atoms with E-state index < -0.39 is 18.6 Å². The van der Waals surface area contributed by atoms with Gasteiger partial charge in [0.15, 0.2) is 0 Å². The standard InChI is InChI=1S/C35H35ClN4O5/c1-21-11-24(7-9-31(21)40(2)3)26-5-4-6-28-27(26)8-10-32(28)45-34-14-33(44-20-23-12-22(15-37)16-38-17-23)25(13-29(34)36)18-39-30(19-41)35(42)43/h4-7,9,11-14,16-17,30,32,39,41H,8,10,18-20H2,1-3H3,(H,42,43)/t30-,32-/m0/s1. The van der Waals surface area contributed by atoms with Crippen molar-refractivity contribution >= 4 is 23.3 Å². The molecule has 0 unspecified atom stereocenters. The minimum Gasteiger partial charge on any atom is -0.488 e. The second kappa shape index (κ2) is 14.0. The molecule has 1 aliphatic carbocycles. The molecule has 45 heavy (non-hydrogen) atoms. The molecular formula is C35H35ClN4O5. The van der Waals surface area contributed by atoms with E-state index in [1.165, 1.54) is 34.1 Å². The Balaban J connectivity index is 1.42. The van der Waals surface area contributed by atoms with Gasteiger partial charge in [0.05, 0.1) is 17.2 Å². The zero-order chi connectivity index (χ0) is 32.1. The van der Waals surface area contributed by atoms with Crippen molar-refractivity contribution in [2.45, 2.75) is 45.1 Å². The molecule has 9 nitrogen and oxygen atoms in total. The summed E-state index contributed by atoms with van der Waals surface area (Å²) < 4.78 is 12.7. The zero-order valence-corrected chi connectivity index (χ0v) is 26.1. The number of fused-ring (bicyclic) bond motifs is 1. The van der Waals surface area contributed by atoms with E-state index in [-0.39, 0.29) is 19.3 Å². The van der Waals surface area contributed by atoms with Crippen LogP contribution in [0.1, 0.15) is 45.9 Å². The minimum absolute atomic E-state index is 0.0744. The van der Waals surface area contributed by atoms with Gasteiger partial charge in [-0.2, -0.15) is 5.26 Å². The number of benzene rings is 3. The molecule has 232 valence electrons. The highest BCUT2D eigenvalue weighted by Gasteiger charge is 2.28. The van der Waals surface area contributed by atoms with Crippen LogP contribution < -0.4 is 19.7 Å². The molecule has 1 aliphatic rings. The Bertz CT molecular complexity index is 1750. The van der Waals surface area contributed by atoms with Gasteiger partial charge in [0, 0.05) is 55.9 Å². The summed E-state index contributed by atoms with van der Waals surface area (Å²) in [5.41, 5.74) is 8.79. The predicted molar refractivity (Wildman–Crippen MR) is 173 cm³/mol. The smallest absolute Gasteiger partial charge is 0.323 e. The number of aliphatic hydroxyl groups excluding tert-OH is 1. The van der Waals surface area contributed by atoms with Crippen molar-refractivity contribution < 1.29 is 24.5 Å². The lowest BCUT2D eigenvalue weighted by atomic mass is 9.95. The molecule has 0 amide bonds. The Hall–Kier alpha value is -4.62. The third kappa shape index (κ3) is 7.21. The van der Waals surface area contributed by atoms with Crippen LogP contribution in [0.4, 0.5) is 5.69 Å². The van der Waals surface area contributed by atoms with Crippen LogP contribution in [-0.2, 0) is 24.4 Å². The van der Waals surface area contributed by atoms with Crippen LogP contribution in [-0.4, -0.2) is 47.9 Å². The molecule has 0 radical (unpaired) electrons. The van der Waals surface area contributed by atoms with Gasteiger partial charge in [-0.25, -0.2) is 0 Å². The van der Waals surface area contributed by atoms with E-state index in [1.54, 1.807) is 24.4 Å². The quantitative estimate of drug-likeness (QED) is 0.178. The Kier molecular flexibility index (Phi) is 9.89. The lowest BCUT2D eigenvalue weighted by Gasteiger charge is -2.20. The number of ether oxygens (including phenoxy) is 2. The molecule has 0 saturated carbocycles. The molecular weight excluding hydrogens is 592 g/mol. The fourth-order valence-corrected chi connectivity index (χ4v) is 5.91. The molecule has 0 fully saturated rings. The summed E-state index contributed by atoms with van der Waals surface area (Å²) in [5.74, 6) is -0.311. The fraction of sp³-hybridized carbons (Fsp3) is 0.286. The van der Waals surface area contributed by atoms with Crippen LogP contribution in [0.25, 0.3) is 11.1 Å². The van der Waals surface area contributed by atoms with Crippen molar-refractivity contribution in [3.8, 4) is 28.7 Å². The van der Waals surface area contributed by atoms with Crippen molar-refractivity contribution in [3.05, 3.63) is 105 Å². The van der Waals surface area contributed by atoms with Gasteiger partial charge in [0.25, 0.3) is 0 Å². The number of carboxylic acids is 1. The number of carboxylic acid groups (broad SMARTS) is 1. The van der Waals surface area contributed by atoms with Crippen LogP contribution in [0, 0.1) is 18.3 Å². The number of anilines is 1. The van der Waals surface area contributed by atoms with Gasteiger partial charge in [0.1, 0.15) is 36.3 Å². The van der Waals surface area contributed by atoms with Crippen molar-refractivity contribution in [2.75, 3.05) is 25.6 Å². The minimum atomic E-state index is -1.17. The normalized spacial score (nSPS) is 14.4. The Morgan fingerprint density at radius 3 is 2.71 bits per heavy atom. The van der Waals surface area contributed by atoms with Crippen LogP contribution in [0.5, 0.6) is 11.5 Å². The maximum absolute atomic E-state index is 11.5. The maximum Gasteiger partial charge on any atom is 0.323 e. The summed E-state index contributed by atoms with van der Waals surface area (Å²) in [6.45, 7) is 1.73. The van der Waals surface area contributed by atoms with E-state index in [0.29, 0.717) is 33.2 Å². The van der Waals surface area contributed by atoms with Crippen LogP contribution in [0.2, 0.25) is 5.02 Å². The molecule has 5 rings (SSSR count). The van der Waals surface area contributed by atoms with Crippen LogP contribution >= 0.6 is 11.6 Å². The molecule has 1 heterocycles. The number of carbonyl (C=O) groups is 1. The summed E-state index contributed by atoms with van der Waals surface area (Å²) in [4.78, 5) is 17.7. The summed E-state index contributed by atoms with van der Waals surface area (Å²) in [6.07, 6.45) is 4.49. The summed E-state index contributed by atoms with van der Waals surface area (Å²) in [7, 11) is 4.08. The van der Waals surface area contributed by atoms with Crippen molar-refractivity contribution in [1.82, 2.24) is 10.3 Å². The molecule has 3 N–H and O–H groups in total. The van der Waals surface area contributed by atoms with Crippen molar-refractivity contribution in [3.63, 3.8) is 0 Å². The number of nitrogens with zero attached hydrogens (tertiary/aromatic N) is 3. The number of aliphatic carboxylic acids is 1. The van der Waals surface area contributed by atoms with Gasteiger partial charge < -0.3 is 24.6 Å². The maximum atomic E-state index is 11.5. The van der Waals surface area contributed by atoms with Gasteiger partial charge in [-0.15, -0.1) is 0 Å². The number of nitriles is 1. The average Bonchev–Trinajstić information content (AvgIpc) is 3.44. The molecule has 2 atom stereocenters. The third-order valence-electron chi connectivity index (χ3n) is 7.93. The lowest BCUT2D eigenvalue weighted by Crippen LogP contribution is -2.39. The number of halogens is 1. The lowest BCUT2D eigenvalue weighted by molar-refractivity contribution is -0.140. The number of hydrogen-bond donors (Lipinski definition) is 3. The highest BCUT2D eigenvalue weighted by Crippen LogP contribution is 2.43. The van der Waals surface area contributed by atoms with Crippen molar-refractivity contribution in [2.24, 2.45) is 0 Å². The number of aliphatic hydroxyl groups is 1. The average molecular weight is 627 g/mol. The second-order valence-corrected chi connectivity index (χ2v) is 11.6. The first-order chi connectivity index (χ1) is 21.7. The van der Waals surface area contributed by atoms with E-state index in [9.17, 15) is 20.3 Å². The fourth-order valence-electron chi connectivity index (χ4n) is 5.68. The van der Waals surface area contributed by atoms with Gasteiger partial charge in [0.2, 0.25) is 0 Å². The third-order valence-corrected chi connectivity index (χ3v) is 8.22. The van der Waals surface area contributed by atoms with Gasteiger partial charge in [-0.1, -0.05) is 35.9 Å². The molecule has 4 aromatic rings. The Labute approximate surface area is 267 Å². The molecule has 0 aliphatic heterocycles. The van der Waals surface area contributed by atoms with Gasteiger partial charge in [-0.3, -0.25) is 15.1 Å². The molecule has 1 aromatic heterocycles. The van der Waals surface area contributed by atoms with E-state index in [0.717, 1.165) is 18.4 Å². The highest BCUT2D eigenvalue weighted by atomic mass is 35.5. The predicted octanol–water partition coefficient (Wildman–Crippen LogP) is 5.83. The highest BCUT2D eigenvalue weighted by molar-refractivity contribution is 6.32. The van der Waals surface area contributed by atoms with Crippen molar-refractivity contribution in [1.29, 1.82) is 5.26 Å². The molecule has 0 bridgehead atoms. The number of nitrogens with one attached hydrogen (secondary N) is 1. The summed E-state index contributed by atoms with van der Waals surface area (Å²) in [5, 5.41) is 31.2. The van der Waals surface area contributed by atoms with E-state index in [1.807, 2.05) is 14.1 Å². The number of hydrogen-bond acceptors (Lipinski definition) is 8. The zero-order valence-electron chi connectivity index (χ0n) is 25.4. The van der Waals surface area contributed by atoms with E-state index >= 15 is 0 Å². The van der Waals surface area contributed by atoms with Gasteiger partial charge >= 0.3 is 5.97 Å². The first-order valence-corrected chi connectivity index (χ1v) is 15.0. The Morgan fingerprint density at radius 1 is 1.18 bits per heavy atom. The first-order valence-electron chi connectivity index (χ1n) is 14.6. The molecule has 10 heteroatoms. The first kappa shape index (κ1) is 31.8. The van der Waals surface area contributed by atoms with E-state index in [2.05, 4.69) is 64.6 Å². The number of aryl methyl sites for hydroxylation is 1. The molecule has 0 saturated heterocycles. The topological polar surface area (TPSA) is 128 Å². The molecule has 3 aromatic carbocycles. The monoisotopic (exact) mass is 626 g/mol. The SMILES string of the molecule is Cc1cc(-c2cccc3c2CC[C@@H]3Oc2cc(OCc3cncc(C#N)c3)c(CN[C@@H](CO)C(=O)O)cc2Cl)ccc1N(C)C. The number of aromatic nitrogens is 1. The van der Waals surface area contributed by atoms with Gasteiger partial charge in [-0.05, 0) is 71.8 Å². The Morgan fingerprint density at radius 2 is 2.00 bits per heavy atom. The second-order valence-electron chi connectivity index (χ2n) is 11.2. The van der Waals surface area contributed by atoms with Crippen LogP contribution in [0.3, 0.4) is 0 Å². The summed E-state index contributed by atoms with van der Waals surface area (Å²) >= 11 is 6.74. The number of pyridine rings is 1. The largest absolute Gasteiger partial charge is 0.488 e.